The molecular weight excluding hydrogens is 365 g/mol. The lowest BCUT2D eigenvalue weighted by Gasteiger charge is -2.02. The maximum absolute atomic E-state index is 11.9. The lowest BCUT2D eigenvalue weighted by molar-refractivity contribution is 0.0949. The van der Waals surface area contributed by atoms with Crippen molar-refractivity contribution in [3.63, 3.8) is 0 Å². The zero-order valence-corrected chi connectivity index (χ0v) is 15.0. The summed E-state index contributed by atoms with van der Waals surface area (Å²) in [5.74, 6) is -0.159. The Labute approximate surface area is 149 Å². The second-order valence-corrected chi connectivity index (χ2v) is 6.05. The SMILES string of the molecule is CNCCCNC(=O)c1csc(-c2ccc(Cl)c(Cl)c2)n1.Cl. The van der Waals surface area contributed by atoms with Crippen molar-refractivity contribution in [1.29, 1.82) is 0 Å². The highest BCUT2D eigenvalue weighted by Gasteiger charge is 2.12. The van der Waals surface area contributed by atoms with Crippen LogP contribution in [-0.4, -0.2) is 31.0 Å². The molecule has 120 valence electrons. The number of aromatic nitrogens is 1. The van der Waals surface area contributed by atoms with Crippen LogP contribution in [0.15, 0.2) is 23.6 Å². The summed E-state index contributed by atoms with van der Waals surface area (Å²) in [5, 5.41) is 9.33. The maximum Gasteiger partial charge on any atom is 0.270 e. The Balaban J connectivity index is 0.00000242. The molecule has 0 aliphatic heterocycles. The molecule has 8 heteroatoms. The molecular formula is C14H16Cl3N3OS. The summed E-state index contributed by atoms with van der Waals surface area (Å²) in [6.07, 6.45) is 0.881. The van der Waals surface area contributed by atoms with Crippen molar-refractivity contribution in [2.75, 3.05) is 20.1 Å². The van der Waals surface area contributed by atoms with Gasteiger partial charge in [0.1, 0.15) is 10.7 Å². The van der Waals surface area contributed by atoms with E-state index in [-0.39, 0.29) is 18.3 Å². The van der Waals surface area contributed by atoms with Crippen molar-refractivity contribution in [2.45, 2.75) is 6.42 Å². The van der Waals surface area contributed by atoms with Gasteiger partial charge in [-0.25, -0.2) is 4.98 Å². The van der Waals surface area contributed by atoms with E-state index in [4.69, 9.17) is 23.2 Å². The number of hydrogen-bond donors (Lipinski definition) is 2. The van der Waals surface area contributed by atoms with Gasteiger partial charge in [-0.2, -0.15) is 0 Å². The van der Waals surface area contributed by atoms with E-state index in [0.717, 1.165) is 23.5 Å². The van der Waals surface area contributed by atoms with Crippen molar-refractivity contribution in [3.8, 4) is 10.6 Å². The smallest absolute Gasteiger partial charge is 0.270 e. The van der Waals surface area contributed by atoms with E-state index < -0.39 is 0 Å². The summed E-state index contributed by atoms with van der Waals surface area (Å²) in [7, 11) is 1.88. The van der Waals surface area contributed by atoms with Crippen LogP contribution >= 0.6 is 46.9 Å². The first-order valence-corrected chi connectivity index (χ1v) is 8.09. The molecule has 2 rings (SSSR count). The first kappa shape index (κ1) is 19.2. The van der Waals surface area contributed by atoms with Crippen molar-refractivity contribution >= 4 is 52.9 Å². The van der Waals surface area contributed by atoms with Gasteiger partial charge in [-0.05, 0) is 32.1 Å². The Morgan fingerprint density at radius 1 is 1.27 bits per heavy atom. The highest BCUT2D eigenvalue weighted by molar-refractivity contribution is 7.13. The number of nitrogens with zero attached hydrogens (tertiary/aromatic N) is 1. The van der Waals surface area contributed by atoms with E-state index in [0.29, 0.717) is 22.3 Å². The van der Waals surface area contributed by atoms with Gasteiger partial charge in [0.25, 0.3) is 5.91 Å². The van der Waals surface area contributed by atoms with Crippen LogP contribution in [0.3, 0.4) is 0 Å². The number of hydrogen-bond acceptors (Lipinski definition) is 4. The number of carbonyl (C=O) groups is 1. The standard InChI is InChI=1S/C14H15Cl2N3OS.ClH/c1-17-5-2-6-18-13(20)12-8-21-14(19-12)9-3-4-10(15)11(16)7-9;/h3-4,7-8,17H,2,5-6H2,1H3,(H,18,20);1H. The van der Waals surface area contributed by atoms with Gasteiger partial charge in [0.05, 0.1) is 10.0 Å². The minimum Gasteiger partial charge on any atom is -0.351 e. The van der Waals surface area contributed by atoms with Crippen molar-refractivity contribution < 1.29 is 4.79 Å². The number of benzene rings is 1. The first-order valence-electron chi connectivity index (χ1n) is 6.45. The number of thiazole rings is 1. The molecule has 0 fully saturated rings. The molecule has 0 aliphatic carbocycles. The van der Waals surface area contributed by atoms with E-state index in [1.54, 1.807) is 17.5 Å². The molecule has 1 aromatic heterocycles. The molecule has 4 nitrogen and oxygen atoms in total. The Hall–Kier alpha value is -0.850. The molecule has 1 amide bonds. The fourth-order valence-corrected chi connectivity index (χ4v) is 2.79. The second kappa shape index (κ2) is 9.33. The minimum atomic E-state index is -0.159. The predicted octanol–water partition coefficient (Wildman–Crippen LogP) is 3.88. The molecule has 0 saturated carbocycles. The number of halogens is 3. The van der Waals surface area contributed by atoms with Crippen molar-refractivity contribution in [1.82, 2.24) is 15.6 Å². The van der Waals surface area contributed by atoms with E-state index in [9.17, 15) is 4.79 Å². The quantitative estimate of drug-likeness (QED) is 0.748. The Kier molecular flexibility index (Phi) is 8.14. The predicted molar refractivity (Wildman–Crippen MR) is 95.7 cm³/mol. The lowest BCUT2D eigenvalue weighted by Crippen LogP contribution is -2.26. The lowest BCUT2D eigenvalue weighted by atomic mass is 10.2. The van der Waals surface area contributed by atoms with Crippen LogP contribution in [0.25, 0.3) is 10.6 Å². The number of amides is 1. The van der Waals surface area contributed by atoms with E-state index in [1.807, 2.05) is 13.1 Å². The molecule has 1 aromatic carbocycles. The van der Waals surface area contributed by atoms with Crippen LogP contribution in [0.5, 0.6) is 0 Å². The summed E-state index contributed by atoms with van der Waals surface area (Å²) >= 11 is 13.3. The summed E-state index contributed by atoms with van der Waals surface area (Å²) in [6.45, 7) is 1.49. The summed E-state index contributed by atoms with van der Waals surface area (Å²) < 4.78 is 0. The minimum absolute atomic E-state index is 0. The van der Waals surface area contributed by atoms with Crippen LogP contribution in [0.4, 0.5) is 0 Å². The number of rotatable bonds is 6. The third kappa shape index (κ3) is 5.11. The Bertz CT molecular complexity index is 634. The first-order chi connectivity index (χ1) is 10.1. The van der Waals surface area contributed by atoms with E-state index in [1.165, 1.54) is 11.3 Å². The highest BCUT2D eigenvalue weighted by atomic mass is 35.5. The largest absolute Gasteiger partial charge is 0.351 e. The second-order valence-electron chi connectivity index (χ2n) is 4.38. The van der Waals surface area contributed by atoms with Crippen LogP contribution in [0.2, 0.25) is 10.0 Å². The number of carbonyl (C=O) groups excluding carboxylic acids is 1. The van der Waals surface area contributed by atoms with Crippen LogP contribution in [0.1, 0.15) is 16.9 Å². The van der Waals surface area contributed by atoms with Crippen LogP contribution in [0, 0.1) is 0 Å². The molecule has 0 aliphatic rings. The Morgan fingerprint density at radius 2 is 2.05 bits per heavy atom. The fraction of sp³-hybridized carbons (Fsp3) is 0.286. The fourth-order valence-electron chi connectivity index (χ4n) is 1.70. The Morgan fingerprint density at radius 3 is 2.73 bits per heavy atom. The van der Waals surface area contributed by atoms with Gasteiger partial charge >= 0.3 is 0 Å². The normalized spacial score (nSPS) is 10.1. The molecule has 2 N–H and O–H groups in total. The van der Waals surface area contributed by atoms with Crippen LogP contribution in [-0.2, 0) is 0 Å². The summed E-state index contributed by atoms with van der Waals surface area (Å²) in [6, 6.07) is 5.30. The van der Waals surface area contributed by atoms with Gasteiger partial charge in [0.2, 0.25) is 0 Å². The monoisotopic (exact) mass is 379 g/mol. The highest BCUT2D eigenvalue weighted by Crippen LogP contribution is 2.30. The van der Waals surface area contributed by atoms with Gasteiger partial charge < -0.3 is 10.6 Å². The van der Waals surface area contributed by atoms with Crippen molar-refractivity contribution in [2.24, 2.45) is 0 Å². The molecule has 0 atom stereocenters. The van der Waals surface area contributed by atoms with Crippen molar-refractivity contribution in [3.05, 3.63) is 39.3 Å². The topological polar surface area (TPSA) is 54.0 Å². The molecule has 0 saturated heterocycles. The van der Waals surface area contributed by atoms with Crippen LogP contribution < -0.4 is 10.6 Å². The van der Waals surface area contributed by atoms with Gasteiger partial charge in [-0.15, -0.1) is 23.7 Å². The average molecular weight is 381 g/mol. The molecule has 0 unspecified atom stereocenters. The molecule has 0 bridgehead atoms. The molecule has 2 aromatic rings. The summed E-state index contributed by atoms with van der Waals surface area (Å²) in [5.41, 5.74) is 1.27. The van der Waals surface area contributed by atoms with E-state index in [2.05, 4.69) is 15.6 Å². The zero-order chi connectivity index (χ0) is 15.2. The van der Waals surface area contributed by atoms with Gasteiger partial charge in [-0.3, -0.25) is 4.79 Å². The van der Waals surface area contributed by atoms with Gasteiger partial charge in [-0.1, -0.05) is 29.3 Å². The zero-order valence-electron chi connectivity index (χ0n) is 11.9. The summed E-state index contributed by atoms with van der Waals surface area (Å²) in [4.78, 5) is 16.3. The maximum atomic E-state index is 11.9. The van der Waals surface area contributed by atoms with E-state index >= 15 is 0 Å². The average Bonchev–Trinajstić information content (AvgIpc) is 2.96. The molecule has 1 heterocycles. The molecule has 0 spiro atoms. The van der Waals surface area contributed by atoms with Gasteiger partial charge in [0, 0.05) is 17.5 Å². The molecule has 22 heavy (non-hydrogen) atoms. The third-order valence-electron chi connectivity index (χ3n) is 2.79. The molecule has 0 radical (unpaired) electrons. The third-order valence-corrected chi connectivity index (χ3v) is 4.42. The number of nitrogens with one attached hydrogen (secondary N) is 2. The van der Waals surface area contributed by atoms with Gasteiger partial charge in [0.15, 0.2) is 0 Å².